The number of hydrogen-bond acceptors (Lipinski definition) is 2. The lowest BCUT2D eigenvalue weighted by atomic mass is 10.1. The van der Waals surface area contributed by atoms with Crippen molar-refractivity contribution in [3.8, 4) is 0 Å². The average molecular weight is 359 g/mol. The second-order valence-electron chi connectivity index (χ2n) is 5.06. The lowest BCUT2D eigenvalue weighted by Gasteiger charge is -2.17. The molecule has 0 saturated heterocycles. The molecule has 1 aliphatic carbocycles. The van der Waals surface area contributed by atoms with E-state index in [0.29, 0.717) is 12.7 Å². The van der Waals surface area contributed by atoms with Crippen molar-refractivity contribution in [1.82, 2.24) is 4.98 Å². The third kappa shape index (κ3) is 4.84. The van der Waals surface area contributed by atoms with Gasteiger partial charge in [-0.05, 0) is 47.6 Å². The molecule has 0 bridgehead atoms. The molecular weight excluding hydrogens is 337 g/mol. The molecule has 0 spiro atoms. The van der Waals surface area contributed by atoms with E-state index in [4.69, 9.17) is 4.74 Å². The van der Waals surface area contributed by atoms with Gasteiger partial charge in [-0.2, -0.15) is 0 Å². The molecule has 3 heteroatoms. The van der Waals surface area contributed by atoms with Crippen molar-refractivity contribution in [3.63, 3.8) is 0 Å². The van der Waals surface area contributed by atoms with E-state index >= 15 is 0 Å². The highest BCUT2D eigenvalue weighted by molar-refractivity contribution is 14.1. The zero-order chi connectivity index (χ0) is 12.6. The fraction of sp³-hybridized carbons (Fsp3) is 0.667. The largest absolute Gasteiger partial charge is 0.372 e. The highest BCUT2D eigenvalue weighted by Crippen LogP contribution is 2.20. The third-order valence-corrected chi connectivity index (χ3v) is 4.57. The molecule has 0 radical (unpaired) electrons. The molecule has 100 valence electrons. The van der Waals surface area contributed by atoms with Gasteiger partial charge < -0.3 is 4.74 Å². The predicted molar refractivity (Wildman–Crippen MR) is 82.5 cm³/mol. The zero-order valence-corrected chi connectivity index (χ0v) is 13.1. The lowest BCUT2D eigenvalue weighted by molar-refractivity contribution is 0.0252. The van der Waals surface area contributed by atoms with Crippen LogP contribution in [0, 0.1) is 3.57 Å². The molecule has 0 amide bonds. The Balaban J connectivity index is 1.82. The Morgan fingerprint density at radius 3 is 2.44 bits per heavy atom. The zero-order valence-electron chi connectivity index (χ0n) is 10.9. The summed E-state index contributed by atoms with van der Waals surface area (Å²) in [5.41, 5.74) is 1.08. The fourth-order valence-electron chi connectivity index (χ4n) is 2.48. The first-order valence-electron chi connectivity index (χ1n) is 7.07. The van der Waals surface area contributed by atoms with E-state index in [2.05, 4.69) is 33.6 Å². The normalized spacial score (nSPS) is 18.9. The molecule has 2 rings (SSSR count). The molecule has 0 atom stereocenters. The summed E-state index contributed by atoms with van der Waals surface area (Å²) in [6.07, 6.45) is 13.0. The van der Waals surface area contributed by atoms with Gasteiger partial charge in [0, 0.05) is 9.77 Å². The summed E-state index contributed by atoms with van der Waals surface area (Å²) in [4.78, 5) is 4.39. The maximum atomic E-state index is 6.07. The summed E-state index contributed by atoms with van der Waals surface area (Å²) in [5, 5.41) is 0. The van der Waals surface area contributed by atoms with Gasteiger partial charge in [0.15, 0.2) is 0 Å². The van der Waals surface area contributed by atoms with Crippen LogP contribution in [-0.2, 0) is 11.3 Å². The molecule has 18 heavy (non-hydrogen) atoms. The van der Waals surface area contributed by atoms with Crippen molar-refractivity contribution < 1.29 is 4.74 Å². The van der Waals surface area contributed by atoms with Crippen LogP contribution in [0.2, 0.25) is 0 Å². The van der Waals surface area contributed by atoms with Gasteiger partial charge in [-0.15, -0.1) is 0 Å². The second-order valence-corrected chi connectivity index (χ2v) is 6.23. The van der Waals surface area contributed by atoms with Gasteiger partial charge >= 0.3 is 0 Å². The Kier molecular flexibility index (Phi) is 6.41. The van der Waals surface area contributed by atoms with Gasteiger partial charge in [0.25, 0.3) is 0 Å². The minimum atomic E-state index is 0.445. The van der Waals surface area contributed by atoms with E-state index in [9.17, 15) is 0 Å². The van der Waals surface area contributed by atoms with Crippen LogP contribution < -0.4 is 0 Å². The van der Waals surface area contributed by atoms with E-state index in [1.807, 2.05) is 12.3 Å². The summed E-state index contributed by atoms with van der Waals surface area (Å²) >= 11 is 2.33. The SMILES string of the molecule is Ic1cccnc1COC1CCCCCCCC1. The Hall–Kier alpha value is -0.160. The number of rotatable bonds is 3. The number of halogens is 1. The first-order valence-corrected chi connectivity index (χ1v) is 8.15. The number of aromatic nitrogens is 1. The van der Waals surface area contributed by atoms with Crippen LogP contribution >= 0.6 is 22.6 Å². The maximum absolute atomic E-state index is 6.07. The maximum Gasteiger partial charge on any atom is 0.0902 e. The van der Waals surface area contributed by atoms with Crippen molar-refractivity contribution in [2.24, 2.45) is 0 Å². The van der Waals surface area contributed by atoms with Gasteiger partial charge in [0.1, 0.15) is 0 Å². The first kappa shape index (κ1) is 14.3. The number of hydrogen-bond donors (Lipinski definition) is 0. The van der Waals surface area contributed by atoms with Crippen LogP contribution in [0.25, 0.3) is 0 Å². The summed E-state index contributed by atoms with van der Waals surface area (Å²) in [6, 6.07) is 4.07. The van der Waals surface area contributed by atoms with Crippen molar-refractivity contribution in [1.29, 1.82) is 0 Å². The summed E-state index contributed by atoms with van der Waals surface area (Å²) < 4.78 is 7.28. The smallest absolute Gasteiger partial charge is 0.0902 e. The van der Waals surface area contributed by atoms with E-state index in [-0.39, 0.29) is 0 Å². The minimum Gasteiger partial charge on any atom is -0.372 e. The van der Waals surface area contributed by atoms with Gasteiger partial charge in [0.05, 0.1) is 18.4 Å². The number of ether oxygens (including phenoxy) is 1. The van der Waals surface area contributed by atoms with E-state index < -0.39 is 0 Å². The molecule has 0 unspecified atom stereocenters. The third-order valence-electron chi connectivity index (χ3n) is 3.59. The van der Waals surface area contributed by atoms with Gasteiger partial charge in [0.2, 0.25) is 0 Å². The molecule has 0 aromatic carbocycles. The molecule has 0 N–H and O–H groups in total. The molecule has 1 aliphatic rings. The van der Waals surface area contributed by atoms with Gasteiger partial charge in [-0.3, -0.25) is 4.98 Å². The van der Waals surface area contributed by atoms with Gasteiger partial charge in [-0.25, -0.2) is 0 Å². The number of pyridine rings is 1. The summed E-state index contributed by atoms with van der Waals surface area (Å²) in [6.45, 7) is 0.670. The van der Waals surface area contributed by atoms with Crippen LogP contribution in [0.1, 0.15) is 57.1 Å². The molecule has 2 nitrogen and oxygen atoms in total. The highest BCUT2D eigenvalue weighted by Gasteiger charge is 2.12. The van der Waals surface area contributed by atoms with Gasteiger partial charge in [-0.1, -0.05) is 38.5 Å². The molecule has 1 aromatic rings. The van der Waals surface area contributed by atoms with Crippen molar-refractivity contribution in [3.05, 3.63) is 27.6 Å². The Morgan fingerprint density at radius 1 is 1.11 bits per heavy atom. The Bertz CT molecular complexity index is 346. The monoisotopic (exact) mass is 359 g/mol. The minimum absolute atomic E-state index is 0.445. The standard InChI is InChI=1S/C15H22INO/c16-14-10-7-11-17-15(14)12-18-13-8-5-3-1-2-4-6-9-13/h7,10-11,13H,1-6,8-9,12H2. The van der Waals surface area contributed by atoms with E-state index in [0.717, 1.165) is 5.69 Å². The van der Waals surface area contributed by atoms with Crippen molar-refractivity contribution >= 4 is 22.6 Å². The molecule has 1 saturated carbocycles. The molecule has 1 heterocycles. The second kappa shape index (κ2) is 8.10. The predicted octanol–water partition coefficient (Wildman–Crippen LogP) is 4.71. The molecular formula is C15H22INO. The number of nitrogens with zero attached hydrogens (tertiary/aromatic N) is 1. The lowest BCUT2D eigenvalue weighted by Crippen LogP contribution is -2.13. The van der Waals surface area contributed by atoms with Crippen LogP contribution in [-0.4, -0.2) is 11.1 Å². The van der Waals surface area contributed by atoms with Crippen molar-refractivity contribution in [2.45, 2.75) is 64.1 Å². The molecule has 1 aromatic heterocycles. The fourth-order valence-corrected chi connectivity index (χ4v) is 2.99. The highest BCUT2D eigenvalue weighted by atomic mass is 127. The first-order chi connectivity index (χ1) is 8.86. The van der Waals surface area contributed by atoms with Crippen LogP contribution in [0.3, 0.4) is 0 Å². The molecule has 0 aliphatic heterocycles. The van der Waals surface area contributed by atoms with Crippen LogP contribution in [0.15, 0.2) is 18.3 Å². The van der Waals surface area contributed by atoms with E-state index in [1.54, 1.807) is 0 Å². The van der Waals surface area contributed by atoms with Crippen LogP contribution in [0.5, 0.6) is 0 Å². The van der Waals surface area contributed by atoms with Crippen molar-refractivity contribution in [2.75, 3.05) is 0 Å². The quantitative estimate of drug-likeness (QED) is 0.730. The summed E-state index contributed by atoms with van der Waals surface area (Å²) in [5.74, 6) is 0. The molecule has 1 fully saturated rings. The average Bonchev–Trinajstić information content (AvgIpc) is 2.51. The Labute approximate surface area is 124 Å². The van der Waals surface area contributed by atoms with E-state index in [1.165, 1.54) is 54.9 Å². The summed E-state index contributed by atoms with van der Waals surface area (Å²) in [7, 11) is 0. The topological polar surface area (TPSA) is 22.1 Å². The Morgan fingerprint density at radius 2 is 1.78 bits per heavy atom. The van der Waals surface area contributed by atoms with Crippen LogP contribution in [0.4, 0.5) is 0 Å².